The first-order chi connectivity index (χ1) is 7.94. The first kappa shape index (κ1) is 11.9. The molecule has 3 heteroatoms. The summed E-state index contributed by atoms with van der Waals surface area (Å²) in [6.07, 6.45) is 4.48. The van der Waals surface area contributed by atoms with E-state index in [2.05, 4.69) is 0 Å². The lowest BCUT2D eigenvalue weighted by Gasteiger charge is -2.57. The summed E-state index contributed by atoms with van der Waals surface area (Å²) in [6.45, 7) is 0. The second-order valence-corrected chi connectivity index (χ2v) is 6.89. The lowest BCUT2D eigenvalue weighted by atomic mass is 9.48. The van der Waals surface area contributed by atoms with E-state index >= 15 is 0 Å². The van der Waals surface area contributed by atoms with Crippen LogP contribution in [0.5, 0.6) is 0 Å². The smallest absolute Gasteiger partial charge is 0.171 e. The lowest BCUT2D eigenvalue weighted by molar-refractivity contribution is -0.139. The molecule has 0 heterocycles. The van der Waals surface area contributed by atoms with Gasteiger partial charge in [-0.3, -0.25) is 0 Å². The normalized spacial score (nSPS) is 44.3. The van der Waals surface area contributed by atoms with Crippen molar-refractivity contribution in [2.45, 2.75) is 64.0 Å². The topological polar surface area (TPSA) is 0 Å². The van der Waals surface area contributed by atoms with E-state index in [1.807, 2.05) is 0 Å². The molecule has 4 saturated carbocycles. The van der Waals surface area contributed by atoms with Gasteiger partial charge in [0.25, 0.3) is 0 Å². The maximum Gasteiger partial charge on any atom is 0.389 e. The zero-order valence-corrected chi connectivity index (χ0v) is 10.2. The average molecular weight is 246 g/mol. The maximum absolute atomic E-state index is 12.2. The van der Waals surface area contributed by atoms with E-state index in [0.717, 1.165) is 24.2 Å². The Kier molecular flexibility index (Phi) is 2.71. The Morgan fingerprint density at radius 1 is 0.882 bits per heavy atom. The minimum absolute atomic E-state index is 0.319. The van der Waals surface area contributed by atoms with Crippen LogP contribution in [0.2, 0.25) is 0 Å². The van der Waals surface area contributed by atoms with Gasteiger partial charge in [-0.2, -0.15) is 13.2 Å². The highest BCUT2D eigenvalue weighted by Crippen LogP contribution is 2.61. The second kappa shape index (κ2) is 3.89. The molecule has 0 saturated heterocycles. The molecule has 0 aliphatic heterocycles. The number of halogens is 3. The van der Waals surface area contributed by atoms with Crippen molar-refractivity contribution in [3.8, 4) is 0 Å². The fraction of sp³-hybridized carbons (Fsp3) is 1.00. The number of rotatable bonds is 3. The van der Waals surface area contributed by atoms with Crippen LogP contribution in [0.3, 0.4) is 0 Å². The van der Waals surface area contributed by atoms with Crippen LogP contribution in [-0.4, -0.2) is 6.18 Å². The Morgan fingerprint density at radius 2 is 1.35 bits per heavy atom. The lowest BCUT2D eigenvalue weighted by Crippen LogP contribution is -2.46. The van der Waals surface area contributed by atoms with E-state index in [9.17, 15) is 13.2 Å². The SMILES string of the molecule is FC(F)(F)CCCC12CC3CC(CC(C3)C1)C2. The minimum Gasteiger partial charge on any atom is -0.171 e. The summed E-state index contributed by atoms with van der Waals surface area (Å²) >= 11 is 0. The summed E-state index contributed by atoms with van der Waals surface area (Å²) in [4.78, 5) is 0. The van der Waals surface area contributed by atoms with E-state index in [-0.39, 0.29) is 0 Å². The molecule has 0 radical (unpaired) electrons. The van der Waals surface area contributed by atoms with E-state index in [1.165, 1.54) is 38.5 Å². The predicted octanol–water partition coefficient (Wildman–Crippen LogP) is 4.94. The Balaban J connectivity index is 1.59. The molecule has 4 fully saturated rings. The van der Waals surface area contributed by atoms with Gasteiger partial charge in [-0.1, -0.05) is 0 Å². The number of hydrogen-bond donors (Lipinski definition) is 0. The van der Waals surface area contributed by atoms with Gasteiger partial charge in [-0.05, 0) is 74.5 Å². The highest BCUT2D eigenvalue weighted by atomic mass is 19.4. The molecule has 4 aliphatic carbocycles. The van der Waals surface area contributed by atoms with Crippen LogP contribution < -0.4 is 0 Å². The molecule has 0 unspecified atom stereocenters. The van der Waals surface area contributed by atoms with Crippen molar-refractivity contribution in [2.24, 2.45) is 23.2 Å². The van der Waals surface area contributed by atoms with E-state index in [0.29, 0.717) is 11.8 Å². The molecule has 98 valence electrons. The summed E-state index contributed by atoms with van der Waals surface area (Å²) in [6, 6.07) is 0. The van der Waals surface area contributed by atoms with Crippen molar-refractivity contribution in [2.75, 3.05) is 0 Å². The summed E-state index contributed by atoms with van der Waals surface area (Å²) in [5.74, 6) is 2.56. The van der Waals surface area contributed by atoms with Gasteiger partial charge in [0.1, 0.15) is 0 Å². The summed E-state index contributed by atoms with van der Waals surface area (Å²) in [7, 11) is 0. The number of alkyl halides is 3. The molecule has 0 spiro atoms. The van der Waals surface area contributed by atoms with Crippen LogP contribution in [0.25, 0.3) is 0 Å². The Hall–Kier alpha value is -0.210. The van der Waals surface area contributed by atoms with Crippen molar-refractivity contribution in [1.82, 2.24) is 0 Å². The van der Waals surface area contributed by atoms with E-state index in [1.54, 1.807) is 0 Å². The van der Waals surface area contributed by atoms with Crippen LogP contribution in [0, 0.1) is 23.2 Å². The molecule has 4 bridgehead atoms. The van der Waals surface area contributed by atoms with Gasteiger partial charge in [-0.15, -0.1) is 0 Å². The number of hydrogen-bond acceptors (Lipinski definition) is 0. The quantitative estimate of drug-likeness (QED) is 0.662. The maximum atomic E-state index is 12.2. The summed E-state index contributed by atoms with van der Waals surface area (Å²) in [5, 5.41) is 0. The molecule has 0 atom stereocenters. The zero-order valence-electron chi connectivity index (χ0n) is 10.2. The standard InChI is InChI=1S/C14H21F3/c15-14(16,17)3-1-2-13-7-10-4-11(8-13)6-12(5-10)9-13/h10-12H,1-9H2. The van der Waals surface area contributed by atoms with Crippen LogP contribution in [0.4, 0.5) is 13.2 Å². The van der Waals surface area contributed by atoms with Gasteiger partial charge < -0.3 is 0 Å². The monoisotopic (exact) mass is 246 g/mol. The Bertz CT molecular complexity index is 257. The highest BCUT2D eigenvalue weighted by Gasteiger charge is 2.50. The molecule has 4 aliphatic rings. The molecule has 0 aromatic rings. The van der Waals surface area contributed by atoms with Crippen LogP contribution >= 0.6 is 0 Å². The molecule has 0 nitrogen and oxygen atoms in total. The van der Waals surface area contributed by atoms with Crippen molar-refractivity contribution >= 4 is 0 Å². The van der Waals surface area contributed by atoms with Gasteiger partial charge in [0.2, 0.25) is 0 Å². The van der Waals surface area contributed by atoms with E-state index in [4.69, 9.17) is 0 Å². The molecule has 0 N–H and O–H groups in total. The van der Waals surface area contributed by atoms with Crippen molar-refractivity contribution in [1.29, 1.82) is 0 Å². The van der Waals surface area contributed by atoms with Crippen molar-refractivity contribution in [3.63, 3.8) is 0 Å². The van der Waals surface area contributed by atoms with Crippen molar-refractivity contribution in [3.05, 3.63) is 0 Å². The second-order valence-electron chi connectivity index (χ2n) is 6.89. The third-order valence-corrected chi connectivity index (χ3v) is 5.33. The zero-order chi connectivity index (χ0) is 12.1. The van der Waals surface area contributed by atoms with Gasteiger partial charge in [0.15, 0.2) is 0 Å². The highest BCUT2D eigenvalue weighted by molar-refractivity contribution is 5.01. The van der Waals surface area contributed by atoms with Gasteiger partial charge >= 0.3 is 6.18 Å². The molecule has 0 aromatic carbocycles. The van der Waals surface area contributed by atoms with Gasteiger partial charge in [0.05, 0.1) is 0 Å². The Labute approximate surface area is 101 Å². The average Bonchev–Trinajstić information content (AvgIpc) is 2.11. The molecule has 0 amide bonds. The van der Waals surface area contributed by atoms with Crippen LogP contribution in [0.15, 0.2) is 0 Å². The minimum atomic E-state index is -3.96. The molecule has 4 rings (SSSR count). The predicted molar refractivity (Wildman–Crippen MR) is 60.5 cm³/mol. The summed E-state index contributed by atoms with van der Waals surface area (Å²) in [5.41, 5.74) is 0.319. The fourth-order valence-corrected chi connectivity index (χ4v) is 5.26. The first-order valence-corrected chi connectivity index (χ1v) is 7.01. The van der Waals surface area contributed by atoms with Crippen LogP contribution in [-0.2, 0) is 0 Å². The fourth-order valence-electron chi connectivity index (χ4n) is 5.26. The third kappa shape index (κ3) is 2.48. The van der Waals surface area contributed by atoms with Crippen LogP contribution in [0.1, 0.15) is 57.8 Å². The third-order valence-electron chi connectivity index (χ3n) is 5.33. The molecule has 17 heavy (non-hydrogen) atoms. The molecular formula is C14H21F3. The first-order valence-electron chi connectivity index (χ1n) is 7.01. The van der Waals surface area contributed by atoms with Gasteiger partial charge in [-0.25, -0.2) is 0 Å². The van der Waals surface area contributed by atoms with E-state index < -0.39 is 12.6 Å². The van der Waals surface area contributed by atoms with Gasteiger partial charge in [0, 0.05) is 6.42 Å². The van der Waals surface area contributed by atoms with Crippen molar-refractivity contribution < 1.29 is 13.2 Å². The largest absolute Gasteiger partial charge is 0.389 e. The molecular weight excluding hydrogens is 225 g/mol. The Morgan fingerprint density at radius 3 is 1.76 bits per heavy atom. The summed E-state index contributed by atoms with van der Waals surface area (Å²) < 4.78 is 36.6. The molecule has 0 aromatic heterocycles.